The average molecular weight is 360 g/mol. The Kier molecular flexibility index (Phi) is 5.40. The minimum atomic E-state index is -3.59. The summed E-state index contributed by atoms with van der Waals surface area (Å²) in [6, 6.07) is 7.71. The number of rotatable bonds is 4. The van der Waals surface area contributed by atoms with E-state index in [1.54, 1.807) is 18.2 Å². The molecule has 1 aromatic heterocycles. The lowest BCUT2D eigenvalue weighted by atomic mass is 10.2. The van der Waals surface area contributed by atoms with E-state index in [2.05, 4.69) is 15.3 Å². The number of nitrogens with one attached hydrogen (secondary N) is 1. The lowest BCUT2D eigenvalue weighted by molar-refractivity contribution is 0.102. The third kappa shape index (κ3) is 4.21. The van der Waals surface area contributed by atoms with Gasteiger partial charge in [0.25, 0.3) is 5.91 Å². The second kappa shape index (κ2) is 7.71. The highest BCUT2D eigenvalue weighted by atomic mass is 32.2. The zero-order valence-electron chi connectivity index (χ0n) is 13.8. The highest BCUT2D eigenvalue weighted by Gasteiger charge is 2.25. The molecule has 1 aliphatic heterocycles. The highest BCUT2D eigenvalue weighted by molar-refractivity contribution is 7.89. The maximum Gasteiger partial charge on any atom is 0.258 e. The van der Waals surface area contributed by atoms with Crippen LogP contribution < -0.4 is 5.32 Å². The molecule has 2 aromatic rings. The van der Waals surface area contributed by atoms with Gasteiger partial charge >= 0.3 is 0 Å². The van der Waals surface area contributed by atoms with Gasteiger partial charge in [-0.15, -0.1) is 0 Å². The Balaban J connectivity index is 1.81. The van der Waals surface area contributed by atoms with E-state index in [1.807, 2.05) is 0 Å². The SMILES string of the molecule is O=C(Nc1ncccn1)c1cccc(S(=O)(=O)N2CCCCCC2)c1. The molecule has 132 valence electrons. The maximum absolute atomic E-state index is 12.8. The van der Waals surface area contributed by atoms with Crippen LogP contribution in [0.4, 0.5) is 5.95 Å². The summed E-state index contributed by atoms with van der Waals surface area (Å²) in [6.07, 6.45) is 6.86. The molecule has 8 heteroatoms. The van der Waals surface area contributed by atoms with Crippen LogP contribution in [0, 0.1) is 0 Å². The largest absolute Gasteiger partial charge is 0.290 e. The van der Waals surface area contributed by atoms with Gasteiger partial charge in [-0.3, -0.25) is 10.1 Å². The van der Waals surface area contributed by atoms with Gasteiger partial charge in [0.15, 0.2) is 0 Å². The van der Waals surface area contributed by atoms with Crippen molar-refractivity contribution in [2.75, 3.05) is 18.4 Å². The van der Waals surface area contributed by atoms with Crippen molar-refractivity contribution in [1.29, 1.82) is 0 Å². The average Bonchev–Trinajstić information content (AvgIpc) is 2.93. The number of sulfonamides is 1. The number of carbonyl (C=O) groups is 1. The van der Waals surface area contributed by atoms with Crippen LogP contribution in [0.5, 0.6) is 0 Å². The Bertz CT molecular complexity index is 832. The standard InChI is InChI=1S/C17H20N4O3S/c22-16(20-17-18-9-6-10-19-17)14-7-5-8-15(13-14)25(23,24)21-11-3-1-2-4-12-21/h5-10,13H,1-4,11-12H2,(H,18,19,20,22). The van der Waals surface area contributed by atoms with Crippen molar-refractivity contribution in [2.24, 2.45) is 0 Å². The van der Waals surface area contributed by atoms with Crippen LogP contribution in [0.1, 0.15) is 36.0 Å². The lowest BCUT2D eigenvalue weighted by Crippen LogP contribution is -2.32. The third-order valence-electron chi connectivity index (χ3n) is 4.09. The number of carbonyl (C=O) groups excluding carboxylic acids is 1. The lowest BCUT2D eigenvalue weighted by Gasteiger charge is -2.20. The zero-order valence-corrected chi connectivity index (χ0v) is 14.6. The molecule has 0 saturated carbocycles. The molecular weight excluding hydrogens is 340 g/mol. The quantitative estimate of drug-likeness (QED) is 0.903. The van der Waals surface area contributed by atoms with Crippen LogP contribution in [-0.4, -0.2) is 41.7 Å². The van der Waals surface area contributed by atoms with Crippen LogP contribution in [0.3, 0.4) is 0 Å². The monoisotopic (exact) mass is 360 g/mol. The molecule has 1 fully saturated rings. The topological polar surface area (TPSA) is 92.3 Å². The van der Waals surface area contributed by atoms with Crippen molar-refractivity contribution in [3.05, 3.63) is 48.3 Å². The summed E-state index contributed by atoms with van der Waals surface area (Å²) in [7, 11) is -3.59. The Morgan fingerprint density at radius 2 is 1.68 bits per heavy atom. The number of aromatic nitrogens is 2. The van der Waals surface area contributed by atoms with Crippen LogP contribution >= 0.6 is 0 Å². The van der Waals surface area contributed by atoms with E-state index in [0.717, 1.165) is 25.7 Å². The predicted octanol–water partition coefficient (Wildman–Crippen LogP) is 2.29. The Labute approximate surface area is 147 Å². The number of hydrogen-bond acceptors (Lipinski definition) is 5. The number of hydrogen-bond donors (Lipinski definition) is 1. The van der Waals surface area contributed by atoms with Crippen molar-refractivity contribution in [3.8, 4) is 0 Å². The smallest absolute Gasteiger partial charge is 0.258 e. The molecular formula is C17H20N4O3S. The van der Waals surface area contributed by atoms with Gasteiger partial charge in [-0.1, -0.05) is 18.9 Å². The number of nitrogens with zero attached hydrogens (tertiary/aromatic N) is 3. The fraction of sp³-hybridized carbons (Fsp3) is 0.353. The number of anilines is 1. The Morgan fingerprint density at radius 3 is 2.36 bits per heavy atom. The summed E-state index contributed by atoms with van der Waals surface area (Å²) in [5.74, 6) is -0.271. The maximum atomic E-state index is 12.8. The minimum absolute atomic E-state index is 0.135. The normalized spacial score (nSPS) is 16.2. The second-order valence-electron chi connectivity index (χ2n) is 5.87. The third-order valence-corrected chi connectivity index (χ3v) is 5.98. The molecule has 3 rings (SSSR count). The molecule has 2 heterocycles. The molecule has 0 aliphatic carbocycles. The van der Waals surface area contributed by atoms with E-state index >= 15 is 0 Å². The van der Waals surface area contributed by atoms with Gasteiger partial charge in [-0.25, -0.2) is 18.4 Å². The van der Waals surface area contributed by atoms with Crippen molar-refractivity contribution < 1.29 is 13.2 Å². The summed E-state index contributed by atoms with van der Waals surface area (Å²) in [4.78, 5) is 20.3. The molecule has 25 heavy (non-hydrogen) atoms. The summed E-state index contributed by atoms with van der Waals surface area (Å²) in [5.41, 5.74) is 0.253. The van der Waals surface area contributed by atoms with Crippen LogP contribution in [0.25, 0.3) is 0 Å². The van der Waals surface area contributed by atoms with Crippen LogP contribution in [0.15, 0.2) is 47.6 Å². The Morgan fingerprint density at radius 1 is 1.00 bits per heavy atom. The van der Waals surface area contributed by atoms with Crippen molar-refractivity contribution >= 4 is 21.9 Å². The summed E-state index contributed by atoms with van der Waals surface area (Å²) >= 11 is 0. The first-order valence-corrected chi connectivity index (χ1v) is 9.70. The van der Waals surface area contributed by atoms with Crippen LogP contribution in [-0.2, 0) is 10.0 Å². The summed E-state index contributed by atoms with van der Waals surface area (Å²) in [5, 5.41) is 2.56. The first-order valence-electron chi connectivity index (χ1n) is 8.26. The number of benzene rings is 1. The molecule has 0 atom stereocenters. The molecule has 0 bridgehead atoms. The second-order valence-corrected chi connectivity index (χ2v) is 7.81. The summed E-state index contributed by atoms with van der Waals surface area (Å²) < 4.78 is 27.2. The van der Waals surface area contributed by atoms with E-state index in [4.69, 9.17) is 0 Å². The van der Waals surface area contributed by atoms with E-state index in [9.17, 15) is 13.2 Å². The fourth-order valence-corrected chi connectivity index (χ4v) is 4.33. The molecule has 7 nitrogen and oxygen atoms in total. The zero-order chi connectivity index (χ0) is 17.7. The van der Waals surface area contributed by atoms with Gasteiger partial charge in [0.1, 0.15) is 0 Å². The van der Waals surface area contributed by atoms with Gasteiger partial charge < -0.3 is 0 Å². The molecule has 0 spiro atoms. The van der Waals surface area contributed by atoms with Gasteiger partial charge in [0, 0.05) is 31.0 Å². The van der Waals surface area contributed by atoms with E-state index < -0.39 is 15.9 Å². The molecule has 1 aliphatic rings. The van der Waals surface area contributed by atoms with Gasteiger partial charge in [0.05, 0.1) is 4.90 Å². The molecule has 0 radical (unpaired) electrons. The fourth-order valence-electron chi connectivity index (χ4n) is 2.77. The molecule has 0 unspecified atom stereocenters. The number of amides is 1. The van der Waals surface area contributed by atoms with E-state index in [0.29, 0.717) is 13.1 Å². The van der Waals surface area contributed by atoms with Crippen molar-refractivity contribution in [1.82, 2.24) is 14.3 Å². The van der Waals surface area contributed by atoms with Gasteiger partial charge in [0.2, 0.25) is 16.0 Å². The van der Waals surface area contributed by atoms with E-state index in [-0.39, 0.29) is 16.4 Å². The first kappa shape index (κ1) is 17.5. The first-order chi connectivity index (χ1) is 12.1. The summed E-state index contributed by atoms with van der Waals surface area (Å²) in [6.45, 7) is 1.05. The van der Waals surface area contributed by atoms with Crippen molar-refractivity contribution in [3.63, 3.8) is 0 Å². The van der Waals surface area contributed by atoms with Crippen LogP contribution in [0.2, 0.25) is 0 Å². The van der Waals surface area contributed by atoms with Gasteiger partial charge in [-0.2, -0.15) is 4.31 Å². The molecule has 1 saturated heterocycles. The minimum Gasteiger partial charge on any atom is -0.290 e. The molecule has 1 amide bonds. The van der Waals surface area contributed by atoms with Gasteiger partial charge in [-0.05, 0) is 37.1 Å². The molecule has 1 aromatic carbocycles. The van der Waals surface area contributed by atoms with E-state index in [1.165, 1.54) is 28.8 Å². The highest BCUT2D eigenvalue weighted by Crippen LogP contribution is 2.21. The van der Waals surface area contributed by atoms with Crippen molar-refractivity contribution in [2.45, 2.75) is 30.6 Å². The predicted molar refractivity (Wildman–Crippen MR) is 93.7 cm³/mol. The molecule has 1 N–H and O–H groups in total. The Hall–Kier alpha value is -2.32.